The topological polar surface area (TPSA) is 80.5 Å². The van der Waals surface area contributed by atoms with Crippen LogP contribution in [-0.2, 0) is 10.0 Å². The van der Waals surface area contributed by atoms with E-state index in [0.717, 1.165) is 4.31 Å². The fourth-order valence-electron chi connectivity index (χ4n) is 1.62. The summed E-state index contributed by atoms with van der Waals surface area (Å²) in [4.78, 5) is 11.7. The number of carbonyl (C=O) groups excluding carboxylic acids is 1. The summed E-state index contributed by atoms with van der Waals surface area (Å²) < 4.78 is 24.4. The van der Waals surface area contributed by atoms with Gasteiger partial charge in [-0.1, -0.05) is 0 Å². The highest BCUT2D eigenvalue weighted by Gasteiger charge is 2.39. The van der Waals surface area contributed by atoms with Crippen molar-refractivity contribution in [1.82, 2.24) is 4.31 Å². The van der Waals surface area contributed by atoms with Gasteiger partial charge in [0.15, 0.2) is 0 Å². The van der Waals surface area contributed by atoms with Crippen molar-refractivity contribution in [2.24, 2.45) is 0 Å². The molecule has 1 amide bonds. The Morgan fingerprint density at radius 3 is 2.67 bits per heavy atom. The molecule has 0 radical (unpaired) electrons. The number of anilines is 1. The fourth-order valence-corrected chi connectivity index (χ4v) is 3.17. The number of hydrogen-bond acceptors (Lipinski definition) is 4. The molecule has 1 aliphatic rings. The first-order chi connectivity index (χ1) is 6.98. The highest BCUT2D eigenvalue weighted by atomic mass is 32.2. The Labute approximate surface area is 87.5 Å². The van der Waals surface area contributed by atoms with Gasteiger partial charge in [0.1, 0.15) is 4.90 Å². The zero-order valence-electron chi connectivity index (χ0n) is 8.10. The Balaban J connectivity index is 2.74. The molecule has 1 heterocycles. The molecule has 0 saturated heterocycles. The molecule has 0 spiro atoms. The Kier molecular flexibility index (Phi) is 1.97. The van der Waals surface area contributed by atoms with E-state index < -0.39 is 15.9 Å². The van der Waals surface area contributed by atoms with Gasteiger partial charge in [0.2, 0.25) is 0 Å². The van der Waals surface area contributed by atoms with Crippen LogP contribution in [0.2, 0.25) is 0 Å². The Morgan fingerprint density at radius 2 is 2.07 bits per heavy atom. The number of benzene rings is 1. The first-order valence-corrected chi connectivity index (χ1v) is 5.89. The van der Waals surface area contributed by atoms with Gasteiger partial charge in [-0.2, -0.15) is 0 Å². The van der Waals surface area contributed by atoms with Gasteiger partial charge in [0, 0.05) is 12.2 Å². The van der Waals surface area contributed by atoms with Crippen LogP contribution in [-0.4, -0.2) is 25.2 Å². The predicted molar refractivity (Wildman–Crippen MR) is 54.8 cm³/mol. The SMILES string of the molecule is CCN1C(=O)c2cc(N)ccc2S1(=O)=O. The third-order valence-electron chi connectivity index (χ3n) is 2.32. The van der Waals surface area contributed by atoms with Crippen molar-refractivity contribution in [3.63, 3.8) is 0 Å². The largest absolute Gasteiger partial charge is 0.399 e. The molecule has 0 saturated carbocycles. The number of nitrogens with two attached hydrogens (primary N) is 1. The average Bonchev–Trinajstić information content (AvgIpc) is 2.34. The average molecular weight is 226 g/mol. The Morgan fingerprint density at radius 1 is 1.40 bits per heavy atom. The van der Waals surface area contributed by atoms with E-state index in [1.54, 1.807) is 6.92 Å². The summed E-state index contributed by atoms with van der Waals surface area (Å²) in [5.74, 6) is -0.500. The van der Waals surface area contributed by atoms with Crippen molar-refractivity contribution < 1.29 is 13.2 Å². The molecule has 0 unspecified atom stereocenters. The highest BCUT2D eigenvalue weighted by Crippen LogP contribution is 2.30. The number of amides is 1. The van der Waals surface area contributed by atoms with Crippen LogP contribution in [0.3, 0.4) is 0 Å². The normalized spacial score (nSPS) is 17.9. The summed E-state index contributed by atoms with van der Waals surface area (Å²) in [5.41, 5.74) is 6.05. The van der Waals surface area contributed by atoms with E-state index in [1.165, 1.54) is 18.2 Å². The van der Waals surface area contributed by atoms with Gasteiger partial charge >= 0.3 is 0 Å². The van der Waals surface area contributed by atoms with E-state index in [-0.39, 0.29) is 17.0 Å². The van der Waals surface area contributed by atoms with Crippen LogP contribution in [0.15, 0.2) is 23.1 Å². The summed E-state index contributed by atoms with van der Waals surface area (Å²) in [7, 11) is -3.63. The minimum atomic E-state index is -3.63. The molecule has 2 N–H and O–H groups in total. The number of sulfonamides is 1. The Hall–Kier alpha value is -1.56. The molecule has 0 fully saturated rings. The van der Waals surface area contributed by atoms with Crippen LogP contribution < -0.4 is 5.73 Å². The number of fused-ring (bicyclic) bond motifs is 1. The molecule has 1 aromatic rings. The molecule has 0 bridgehead atoms. The van der Waals surface area contributed by atoms with Gasteiger partial charge < -0.3 is 5.73 Å². The number of rotatable bonds is 1. The monoisotopic (exact) mass is 226 g/mol. The lowest BCUT2D eigenvalue weighted by Gasteiger charge is -2.10. The third-order valence-corrected chi connectivity index (χ3v) is 4.23. The van der Waals surface area contributed by atoms with Crippen molar-refractivity contribution >= 4 is 21.6 Å². The summed E-state index contributed by atoms with van der Waals surface area (Å²) in [5, 5.41) is 0. The van der Waals surface area contributed by atoms with Gasteiger partial charge in [-0.25, -0.2) is 12.7 Å². The molecule has 80 valence electrons. The van der Waals surface area contributed by atoms with Crippen molar-refractivity contribution in [3.8, 4) is 0 Å². The summed E-state index contributed by atoms with van der Waals surface area (Å²) >= 11 is 0. The van der Waals surface area contributed by atoms with Crippen LogP contribution >= 0.6 is 0 Å². The maximum absolute atomic E-state index is 11.8. The summed E-state index contributed by atoms with van der Waals surface area (Å²) in [6.45, 7) is 1.75. The molecule has 15 heavy (non-hydrogen) atoms. The molecular formula is C9H10N2O3S. The quantitative estimate of drug-likeness (QED) is 0.704. The first kappa shape index (κ1) is 9.97. The zero-order valence-corrected chi connectivity index (χ0v) is 8.91. The molecule has 0 atom stereocenters. The number of hydrogen-bond donors (Lipinski definition) is 1. The van der Waals surface area contributed by atoms with Crippen LogP contribution in [0.1, 0.15) is 17.3 Å². The zero-order chi connectivity index (χ0) is 11.2. The molecular weight excluding hydrogens is 216 g/mol. The van der Waals surface area contributed by atoms with Gasteiger partial charge in [-0.3, -0.25) is 4.79 Å². The second-order valence-corrected chi connectivity index (χ2v) is 5.06. The Bertz CT molecular complexity index is 536. The van der Waals surface area contributed by atoms with Crippen molar-refractivity contribution in [3.05, 3.63) is 23.8 Å². The molecule has 1 aliphatic heterocycles. The smallest absolute Gasteiger partial charge is 0.269 e. The molecule has 5 nitrogen and oxygen atoms in total. The number of carbonyl (C=O) groups is 1. The standard InChI is InChI=1S/C9H10N2O3S/c1-2-11-9(12)7-5-6(10)3-4-8(7)15(11,13)14/h3-5H,2,10H2,1H3. The van der Waals surface area contributed by atoms with Crippen molar-refractivity contribution in [1.29, 1.82) is 0 Å². The van der Waals surface area contributed by atoms with E-state index in [9.17, 15) is 13.2 Å². The van der Waals surface area contributed by atoms with E-state index in [1.807, 2.05) is 0 Å². The molecule has 1 aromatic carbocycles. The second-order valence-electron chi connectivity index (χ2n) is 3.23. The number of nitrogens with zero attached hydrogens (tertiary/aromatic N) is 1. The van der Waals surface area contributed by atoms with E-state index >= 15 is 0 Å². The fraction of sp³-hybridized carbons (Fsp3) is 0.222. The van der Waals surface area contributed by atoms with E-state index in [4.69, 9.17) is 5.73 Å². The highest BCUT2D eigenvalue weighted by molar-refractivity contribution is 7.90. The summed E-state index contributed by atoms with van der Waals surface area (Å²) in [6.07, 6.45) is 0. The van der Waals surface area contributed by atoms with E-state index in [2.05, 4.69) is 0 Å². The lowest BCUT2D eigenvalue weighted by molar-refractivity contribution is 0.0876. The number of nitrogen functional groups attached to an aromatic ring is 1. The minimum absolute atomic E-state index is 0.0450. The third kappa shape index (κ3) is 1.21. The maximum Gasteiger partial charge on any atom is 0.269 e. The maximum atomic E-state index is 11.8. The minimum Gasteiger partial charge on any atom is -0.399 e. The second kappa shape index (κ2) is 2.96. The summed E-state index contributed by atoms with van der Waals surface area (Å²) in [6, 6.07) is 4.24. The lowest BCUT2D eigenvalue weighted by Crippen LogP contribution is -2.29. The van der Waals surface area contributed by atoms with Gasteiger partial charge in [0.05, 0.1) is 5.56 Å². The molecule has 0 aromatic heterocycles. The van der Waals surface area contributed by atoms with Crippen LogP contribution in [0.4, 0.5) is 5.69 Å². The van der Waals surface area contributed by atoms with Gasteiger partial charge in [-0.05, 0) is 25.1 Å². The van der Waals surface area contributed by atoms with Crippen molar-refractivity contribution in [2.75, 3.05) is 12.3 Å². The van der Waals surface area contributed by atoms with Gasteiger partial charge in [-0.15, -0.1) is 0 Å². The van der Waals surface area contributed by atoms with Crippen LogP contribution in [0.25, 0.3) is 0 Å². The molecule has 2 rings (SSSR count). The lowest BCUT2D eigenvalue weighted by atomic mass is 10.2. The predicted octanol–water partition coefficient (Wildman–Crippen LogP) is 0.433. The van der Waals surface area contributed by atoms with Crippen LogP contribution in [0.5, 0.6) is 0 Å². The van der Waals surface area contributed by atoms with Crippen LogP contribution in [0, 0.1) is 0 Å². The van der Waals surface area contributed by atoms with E-state index in [0.29, 0.717) is 5.69 Å². The first-order valence-electron chi connectivity index (χ1n) is 4.45. The van der Waals surface area contributed by atoms with Gasteiger partial charge in [0.25, 0.3) is 15.9 Å². The molecule has 0 aliphatic carbocycles. The van der Waals surface area contributed by atoms with Crippen molar-refractivity contribution in [2.45, 2.75) is 11.8 Å². The molecule has 6 heteroatoms.